The number of likely N-dealkylation sites (tertiary alicyclic amines) is 1. The zero-order chi connectivity index (χ0) is 20.0. The Morgan fingerprint density at radius 2 is 1.93 bits per heavy atom. The molecule has 1 N–H and O–H groups in total. The number of carbonyl (C=O) groups is 3. The minimum absolute atomic E-state index is 0.0159. The Morgan fingerprint density at radius 3 is 2.52 bits per heavy atom. The molecule has 1 aliphatic rings. The van der Waals surface area contributed by atoms with Crippen LogP contribution in [0.1, 0.15) is 38.2 Å². The third-order valence-electron chi connectivity index (χ3n) is 4.83. The van der Waals surface area contributed by atoms with E-state index >= 15 is 0 Å². The van der Waals surface area contributed by atoms with E-state index in [1.54, 1.807) is 11.9 Å². The van der Waals surface area contributed by atoms with Gasteiger partial charge in [-0.2, -0.15) is 0 Å². The van der Waals surface area contributed by atoms with Crippen LogP contribution in [-0.4, -0.2) is 65.1 Å². The van der Waals surface area contributed by atoms with Crippen LogP contribution in [0.4, 0.5) is 0 Å². The predicted molar refractivity (Wildman–Crippen MR) is 106 cm³/mol. The monoisotopic (exact) mass is 392 g/mol. The first kappa shape index (κ1) is 21.3. The maximum absolute atomic E-state index is 12.4. The number of carboxylic acid groups (broad SMARTS) is 1. The Labute approximate surface area is 164 Å². The molecule has 0 aliphatic carbocycles. The van der Waals surface area contributed by atoms with E-state index < -0.39 is 11.9 Å². The van der Waals surface area contributed by atoms with Crippen molar-refractivity contribution < 1.29 is 19.5 Å². The molecule has 2 amide bonds. The van der Waals surface area contributed by atoms with Gasteiger partial charge in [0.15, 0.2) is 0 Å². The fourth-order valence-electron chi connectivity index (χ4n) is 3.00. The molecule has 1 saturated heterocycles. The summed E-state index contributed by atoms with van der Waals surface area (Å²) in [5.41, 5.74) is 1.26. The highest BCUT2D eigenvalue weighted by atomic mass is 32.2. The Bertz CT molecular complexity index is 675. The van der Waals surface area contributed by atoms with E-state index in [1.165, 1.54) is 22.2 Å². The molecule has 6 nitrogen and oxygen atoms in total. The van der Waals surface area contributed by atoms with Gasteiger partial charge in [-0.3, -0.25) is 14.4 Å². The van der Waals surface area contributed by atoms with Gasteiger partial charge >= 0.3 is 5.97 Å². The van der Waals surface area contributed by atoms with Gasteiger partial charge in [0.2, 0.25) is 11.8 Å². The van der Waals surface area contributed by atoms with E-state index in [1.807, 2.05) is 12.1 Å². The van der Waals surface area contributed by atoms with Crippen molar-refractivity contribution in [3.05, 3.63) is 29.8 Å². The molecule has 1 atom stereocenters. The van der Waals surface area contributed by atoms with Gasteiger partial charge in [0, 0.05) is 25.0 Å². The normalized spacial score (nSPS) is 17.0. The molecule has 1 heterocycles. The van der Waals surface area contributed by atoms with E-state index in [0.29, 0.717) is 25.3 Å². The lowest BCUT2D eigenvalue weighted by molar-refractivity contribution is -0.147. The minimum atomic E-state index is -0.864. The lowest BCUT2D eigenvalue weighted by Gasteiger charge is -2.32. The number of thioether (sulfide) groups is 1. The van der Waals surface area contributed by atoms with E-state index in [-0.39, 0.29) is 30.7 Å². The molecule has 0 aromatic heterocycles. The topological polar surface area (TPSA) is 77.9 Å². The molecule has 148 valence electrons. The molecule has 0 spiro atoms. The average molecular weight is 393 g/mol. The molecular weight excluding hydrogens is 364 g/mol. The Balaban J connectivity index is 1.80. The van der Waals surface area contributed by atoms with Crippen molar-refractivity contribution in [2.24, 2.45) is 5.92 Å². The zero-order valence-corrected chi connectivity index (χ0v) is 17.0. The van der Waals surface area contributed by atoms with Crippen molar-refractivity contribution in [2.45, 2.75) is 37.5 Å². The Morgan fingerprint density at radius 1 is 1.26 bits per heavy atom. The summed E-state index contributed by atoms with van der Waals surface area (Å²) in [6.07, 6.45) is 1.28. The summed E-state index contributed by atoms with van der Waals surface area (Å²) in [6.45, 7) is 5.05. The lowest BCUT2D eigenvalue weighted by Crippen LogP contribution is -2.47. The fourth-order valence-corrected chi connectivity index (χ4v) is 3.84. The quantitative estimate of drug-likeness (QED) is 0.722. The van der Waals surface area contributed by atoms with Crippen molar-refractivity contribution in [1.82, 2.24) is 9.80 Å². The second-order valence-electron chi connectivity index (χ2n) is 7.28. The second-order valence-corrected chi connectivity index (χ2v) is 8.33. The van der Waals surface area contributed by atoms with Gasteiger partial charge in [0.25, 0.3) is 0 Å². The molecule has 7 heteroatoms. The number of piperidine rings is 1. The molecular formula is C20H28N2O4S. The van der Waals surface area contributed by atoms with Gasteiger partial charge in [0.1, 0.15) is 0 Å². The molecule has 1 fully saturated rings. The predicted octanol–water partition coefficient (Wildman–Crippen LogP) is 2.68. The van der Waals surface area contributed by atoms with Gasteiger partial charge in [-0.25, -0.2) is 0 Å². The second kappa shape index (κ2) is 9.78. The van der Waals surface area contributed by atoms with Crippen LogP contribution in [0.5, 0.6) is 0 Å². The van der Waals surface area contributed by atoms with Gasteiger partial charge in [0.05, 0.1) is 18.2 Å². The van der Waals surface area contributed by atoms with Crippen LogP contribution >= 0.6 is 11.8 Å². The Hall–Kier alpha value is -2.02. The summed E-state index contributed by atoms with van der Waals surface area (Å²) >= 11 is 1.45. The number of carboxylic acids is 1. The van der Waals surface area contributed by atoms with Crippen LogP contribution in [0.3, 0.4) is 0 Å². The summed E-state index contributed by atoms with van der Waals surface area (Å²) in [5, 5.41) is 9.13. The van der Waals surface area contributed by atoms with Gasteiger partial charge in [-0.05, 0) is 36.5 Å². The average Bonchev–Trinajstić information content (AvgIpc) is 2.66. The smallest absolute Gasteiger partial charge is 0.308 e. The number of rotatable bonds is 7. The van der Waals surface area contributed by atoms with Gasteiger partial charge < -0.3 is 14.9 Å². The zero-order valence-electron chi connectivity index (χ0n) is 16.2. The maximum atomic E-state index is 12.4. The number of hydrogen-bond donors (Lipinski definition) is 1. The molecule has 1 aromatic carbocycles. The summed E-state index contributed by atoms with van der Waals surface area (Å²) in [7, 11) is 1.61. The van der Waals surface area contributed by atoms with Crippen LogP contribution in [-0.2, 0) is 14.4 Å². The summed E-state index contributed by atoms with van der Waals surface area (Å²) in [4.78, 5) is 39.8. The molecule has 2 rings (SSSR count). The lowest BCUT2D eigenvalue weighted by atomic mass is 9.98. The third-order valence-corrected chi connectivity index (χ3v) is 5.83. The first-order valence-corrected chi connectivity index (χ1v) is 10.2. The first-order valence-electron chi connectivity index (χ1n) is 9.25. The largest absolute Gasteiger partial charge is 0.481 e. The van der Waals surface area contributed by atoms with Gasteiger partial charge in [-0.1, -0.05) is 26.0 Å². The highest BCUT2D eigenvalue weighted by molar-refractivity contribution is 8.00. The molecule has 0 bridgehead atoms. The number of hydrogen-bond acceptors (Lipinski definition) is 4. The summed E-state index contributed by atoms with van der Waals surface area (Å²) in [5.74, 6) is -0.942. The van der Waals surface area contributed by atoms with E-state index in [4.69, 9.17) is 5.11 Å². The van der Waals surface area contributed by atoms with Crippen LogP contribution in [0.15, 0.2) is 29.2 Å². The molecule has 1 unspecified atom stereocenters. The Kier molecular flexibility index (Phi) is 7.71. The first-order chi connectivity index (χ1) is 12.8. The summed E-state index contributed by atoms with van der Waals surface area (Å²) < 4.78 is 0. The maximum Gasteiger partial charge on any atom is 0.308 e. The van der Waals surface area contributed by atoms with Crippen molar-refractivity contribution in [2.75, 3.05) is 32.4 Å². The SMILES string of the molecule is CC(C)c1ccc(SCC(=O)N(C)CC(=O)N2CCCC(C(=O)O)C2)cc1. The number of benzene rings is 1. The molecule has 27 heavy (non-hydrogen) atoms. The molecule has 0 radical (unpaired) electrons. The van der Waals surface area contributed by atoms with Crippen molar-refractivity contribution >= 4 is 29.5 Å². The molecule has 1 aliphatic heterocycles. The standard InChI is InChI=1S/C20H28N2O4S/c1-14(2)15-6-8-17(9-7-15)27-13-19(24)21(3)12-18(23)22-10-4-5-16(11-22)20(25)26/h6-9,14,16H,4-5,10-13H2,1-3H3,(H,25,26). The number of nitrogens with zero attached hydrogens (tertiary/aromatic N) is 2. The van der Waals surface area contributed by atoms with Crippen molar-refractivity contribution in [3.63, 3.8) is 0 Å². The van der Waals surface area contributed by atoms with Crippen LogP contribution < -0.4 is 0 Å². The van der Waals surface area contributed by atoms with Gasteiger partial charge in [-0.15, -0.1) is 11.8 Å². The van der Waals surface area contributed by atoms with Crippen LogP contribution in [0.2, 0.25) is 0 Å². The number of likely N-dealkylation sites (N-methyl/N-ethyl adjacent to an activating group) is 1. The minimum Gasteiger partial charge on any atom is -0.481 e. The molecule has 1 aromatic rings. The number of carbonyl (C=O) groups excluding carboxylic acids is 2. The highest BCUT2D eigenvalue weighted by Gasteiger charge is 2.28. The van der Waals surface area contributed by atoms with E-state index in [9.17, 15) is 14.4 Å². The van der Waals surface area contributed by atoms with E-state index in [0.717, 1.165) is 4.90 Å². The van der Waals surface area contributed by atoms with Crippen molar-refractivity contribution in [1.29, 1.82) is 0 Å². The highest BCUT2D eigenvalue weighted by Crippen LogP contribution is 2.22. The van der Waals surface area contributed by atoms with Crippen LogP contribution in [0.25, 0.3) is 0 Å². The van der Waals surface area contributed by atoms with Crippen molar-refractivity contribution in [3.8, 4) is 0 Å². The number of amides is 2. The summed E-state index contributed by atoms with van der Waals surface area (Å²) in [6, 6.07) is 8.16. The van der Waals surface area contributed by atoms with E-state index in [2.05, 4.69) is 26.0 Å². The fraction of sp³-hybridized carbons (Fsp3) is 0.550. The number of aliphatic carboxylic acids is 1. The van der Waals surface area contributed by atoms with Crippen LogP contribution in [0, 0.1) is 5.92 Å². The molecule has 0 saturated carbocycles. The third kappa shape index (κ3) is 6.27.